The predicted octanol–water partition coefficient (Wildman–Crippen LogP) is 3.76. The standard InChI is InChI=1S/C18H26N2O/c1-12-7-13(2)9-15(8-12)11-20-17-6-5-16(10-14(17)3)18(21)19-4/h5-7,10,12,15,20H,8-9,11H2,1-4H3,(H,19,21). The Morgan fingerprint density at radius 3 is 2.71 bits per heavy atom. The van der Waals surface area contributed by atoms with Crippen LogP contribution >= 0.6 is 0 Å². The molecule has 0 saturated heterocycles. The van der Waals surface area contributed by atoms with Crippen molar-refractivity contribution in [2.24, 2.45) is 11.8 Å². The lowest BCUT2D eigenvalue weighted by Crippen LogP contribution is -2.21. The first-order valence-electron chi connectivity index (χ1n) is 7.73. The van der Waals surface area contributed by atoms with Gasteiger partial charge >= 0.3 is 0 Å². The Morgan fingerprint density at radius 1 is 1.33 bits per heavy atom. The second kappa shape index (κ2) is 6.79. The van der Waals surface area contributed by atoms with E-state index in [0.29, 0.717) is 17.4 Å². The van der Waals surface area contributed by atoms with E-state index >= 15 is 0 Å². The topological polar surface area (TPSA) is 41.1 Å². The average molecular weight is 286 g/mol. The highest BCUT2D eigenvalue weighted by molar-refractivity contribution is 5.94. The maximum absolute atomic E-state index is 11.6. The minimum absolute atomic E-state index is 0.0356. The van der Waals surface area contributed by atoms with Crippen LogP contribution in [0.4, 0.5) is 5.69 Å². The van der Waals surface area contributed by atoms with Gasteiger partial charge in [0, 0.05) is 24.8 Å². The van der Waals surface area contributed by atoms with Gasteiger partial charge in [0.1, 0.15) is 0 Å². The fourth-order valence-corrected chi connectivity index (χ4v) is 3.24. The highest BCUT2D eigenvalue weighted by Crippen LogP contribution is 2.28. The second-order valence-electron chi connectivity index (χ2n) is 6.29. The van der Waals surface area contributed by atoms with Crippen LogP contribution in [-0.2, 0) is 0 Å². The zero-order valence-electron chi connectivity index (χ0n) is 13.5. The molecule has 2 atom stereocenters. The van der Waals surface area contributed by atoms with Crippen LogP contribution in [0.15, 0.2) is 29.8 Å². The smallest absolute Gasteiger partial charge is 0.251 e. The number of carbonyl (C=O) groups excluding carboxylic acids is 1. The van der Waals surface area contributed by atoms with E-state index < -0.39 is 0 Å². The fraction of sp³-hybridized carbons (Fsp3) is 0.500. The van der Waals surface area contributed by atoms with Crippen molar-refractivity contribution in [2.75, 3.05) is 18.9 Å². The Balaban J connectivity index is 1.98. The van der Waals surface area contributed by atoms with Crippen LogP contribution in [0.5, 0.6) is 0 Å². The summed E-state index contributed by atoms with van der Waals surface area (Å²) >= 11 is 0. The van der Waals surface area contributed by atoms with E-state index in [4.69, 9.17) is 0 Å². The van der Waals surface area contributed by atoms with Crippen molar-refractivity contribution in [3.8, 4) is 0 Å². The Kier molecular flexibility index (Phi) is 5.05. The van der Waals surface area contributed by atoms with Gasteiger partial charge in [-0.05, 0) is 62.3 Å². The molecule has 1 aromatic carbocycles. The summed E-state index contributed by atoms with van der Waals surface area (Å²) in [6.07, 6.45) is 4.83. The highest BCUT2D eigenvalue weighted by Gasteiger charge is 2.18. The quantitative estimate of drug-likeness (QED) is 0.827. The van der Waals surface area contributed by atoms with Crippen LogP contribution in [0.2, 0.25) is 0 Å². The molecule has 1 aliphatic carbocycles. The van der Waals surface area contributed by atoms with Gasteiger partial charge in [0.2, 0.25) is 0 Å². The van der Waals surface area contributed by atoms with Crippen molar-refractivity contribution in [3.63, 3.8) is 0 Å². The third-order valence-corrected chi connectivity index (χ3v) is 4.18. The van der Waals surface area contributed by atoms with E-state index in [0.717, 1.165) is 17.8 Å². The Labute approximate surface area is 127 Å². The van der Waals surface area contributed by atoms with Gasteiger partial charge in [0.05, 0.1) is 0 Å². The van der Waals surface area contributed by atoms with Gasteiger partial charge < -0.3 is 10.6 Å². The summed E-state index contributed by atoms with van der Waals surface area (Å²) in [6, 6.07) is 5.83. The third kappa shape index (κ3) is 4.10. The van der Waals surface area contributed by atoms with Crippen molar-refractivity contribution >= 4 is 11.6 Å². The number of allylic oxidation sites excluding steroid dienone is 2. The van der Waals surface area contributed by atoms with Gasteiger partial charge in [-0.15, -0.1) is 0 Å². The normalized spacial score (nSPS) is 21.6. The molecule has 1 aromatic rings. The zero-order chi connectivity index (χ0) is 15.4. The lowest BCUT2D eigenvalue weighted by Gasteiger charge is -2.26. The molecular weight excluding hydrogens is 260 g/mol. The fourth-order valence-electron chi connectivity index (χ4n) is 3.24. The van der Waals surface area contributed by atoms with Gasteiger partial charge in [0.25, 0.3) is 5.91 Å². The molecule has 0 saturated carbocycles. The first-order valence-corrected chi connectivity index (χ1v) is 7.73. The van der Waals surface area contributed by atoms with Crippen molar-refractivity contribution in [1.29, 1.82) is 0 Å². The van der Waals surface area contributed by atoms with E-state index in [2.05, 4.69) is 30.6 Å². The molecule has 0 spiro atoms. The lowest BCUT2D eigenvalue weighted by atomic mass is 9.83. The summed E-state index contributed by atoms with van der Waals surface area (Å²) in [5, 5.41) is 6.20. The summed E-state index contributed by atoms with van der Waals surface area (Å²) in [7, 11) is 1.66. The number of hydrogen-bond donors (Lipinski definition) is 2. The van der Waals surface area contributed by atoms with E-state index in [1.165, 1.54) is 18.4 Å². The zero-order valence-corrected chi connectivity index (χ0v) is 13.5. The Bertz CT molecular complexity index is 548. The molecule has 1 aliphatic rings. The van der Waals surface area contributed by atoms with Crippen molar-refractivity contribution in [2.45, 2.75) is 33.6 Å². The van der Waals surface area contributed by atoms with E-state index in [1.807, 2.05) is 25.1 Å². The van der Waals surface area contributed by atoms with E-state index in [1.54, 1.807) is 7.05 Å². The average Bonchev–Trinajstić information content (AvgIpc) is 2.44. The van der Waals surface area contributed by atoms with Gasteiger partial charge in [-0.25, -0.2) is 0 Å². The second-order valence-corrected chi connectivity index (χ2v) is 6.29. The molecule has 0 aliphatic heterocycles. The first-order chi connectivity index (χ1) is 9.99. The van der Waals surface area contributed by atoms with Crippen LogP contribution in [0, 0.1) is 18.8 Å². The Hall–Kier alpha value is -1.77. The maximum Gasteiger partial charge on any atom is 0.251 e. The monoisotopic (exact) mass is 286 g/mol. The number of benzene rings is 1. The molecule has 3 nitrogen and oxygen atoms in total. The molecule has 2 unspecified atom stereocenters. The molecule has 0 heterocycles. The van der Waals surface area contributed by atoms with Gasteiger partial charge in [-0.1, -0.05) is 18.6 Å². The molecule has 0 aromatic heterocycles. The van der Waals surface area contributed by atoms with Crippen LogP contribution < -0.4 is 10.6 Å². The number of hydrogen-bond acceptors (Lipinski definition) is 2. The minimum Gasteiger partial charge on any atom is -0.385 e. The molecule has 0 radical (unpaired) electrons. The van der Waals surface area contributed by atoms with E-state index in [9.17, 15) is 4.79 Å². The van der Waals surface area contributed by atoms with Crippen LogP contribution in [-0.4, -0.2) is 19.5 Å². The minimum atomic E-state index is -0.0356. The number of nitrogens with one attached hydrogen (secondary N) is 2. The predicted molar refractivity (Wildman–Crippen MR) is 88.7 cm³/mol. The number of anilines is 1. The first kappa shape index (κ1) is 15.6. The molecule has 21 heavy (non-hydrogen) atoms. The number of rotatable bonds is 4. The molecule has 0 bridgehead atoms. The van der Waals surface area contributed by atoms with Gasteiger partial charge in [-0.3, -0.25) is 4.79 Å². The lowest BCUT2D eigenvalue weighted by molar-refractivity contribution is 0.0963. The SMILES string of the molecule is CNC(=O)c1ccc(NCC2CC(C)=CC(C)C2)c(C)c1. The van der Waals surface area contributed by atoms with Gasteiger partial charge in [-0.2, -0.15) is 0 Å². The number of aryl methyl sites for hydroxylation is 1. The molecule has 2 N–H and O–H groups in total. The largest absolute Gasteiger partial charge is 0.385 e. The molecule has 2 rings (SSSR count). The summed E-state index contributed by atoms with van der Waals surface area (Å²) < 4.78 is 0. The summed E-state index contributed by atoms with van der Waals surface area (Å²) in [5.74, 6) is 1.34. The van der Waals surface area contributed by atoms with Crippen LogP contribution in [0.3, 0.4) is 0 Å². The summed E-state index contributed by atoms with van der Waals surface area (Å²) in [5.41, 5.74) is 4.47. The third-order valence-electron chi connectivity index (χ3n) is 4.18. The number of amides is 1. The van der Waals surface area contributed by atoms with E-state index in [-0.39, 0.29) is 5.91 Å². The van der Waals surface area contributed by atoms with Crippen molar-refractivity contribution in [3.05, 3.63) is 41.0 Å². The molecule has 0 fully saturated rings. The van der Waals surface area contributed by atoms with Crippen molar-refractivity contribution in [1.82, 2.24) is 5.32 Å². The summed E-state index contributed by atoms with van der Waals surface area (Å²) in [4.78, 5) is 11.6. The maximum atomic E-state index is 11.6. The highest BCUT2D eigenvalue weighted by atomic mass is 16.1. The molecule has 3 heteroatoms. The molecule has 1 amide bonds. The number of carbonyl (C=O) groups is 1. The molecular formula is C18H26N2O. The Morgan fingerprint density at radius 2 is 2.10 bits per heavy atom. The summed E-state index contributed by atoms with van der Waals surface area (Å²) in [6.45, 7) is 7.56. The van der Waals surface area contributed by atoms with Crippen LogP contribution in [0.1, 0.15) is 42.6 Å². The molecule has 114 valence electrons. The van der Waals surface area contributed by atoms with Crippen molar-refractivity contribution < 1.29 is 4.79 Å². The van der Waals surface area contributed by atoms with Gasteiger partial charge in [0.15, 0.2) is 0 Å². The van der Waals surface area contributed by atoms with Crippen LogP contribution in [0.25, 0.3) is 0 Å².